The van der Waals surface area contributed by atoms with Crippen molar-refractivity contribution in [1.29, 1.82) is 0 Å². The lowest BCUT2D eigenvalue weighted by molar-refractivity contribution is -0.274. The highest BCUT2D eigenvalue weighted by molar-refractivity contribution is 5.30. The predicted molar refractivity (Wildman–Crippen MR) is 45.7 cm³/mol. The van der Waals surface area contributed by atoms with Gasteiger partial charge in [0, 0.05) is 10.2 Å². The van der Waals surface area contributed by atoms with E-state index in [1.54, 1.807) is 0 Å². The molecule has 1 atom stereocenters. The summed E-state index contributed by atoms with van der Waals surface area (Å²) in [6.45, 7) is -2.48. The Morgan fingerprint density at radius 2 is 2.21 bits per heavy atom. The average Bonchev–Trinajstić information content (AvgIpc) is 2.12. The number of ether oxygens (including phenoxy) is 1. The topological polar surface area (TPSA) is 35.2 Å². The SMILES string of the molecule is [2H]C([2H])([2H])C(N)c1cccc(OC(F)(F)F)c1. The summed E-state index contributed by atoms with van der Waals surface area (Å²) in [5.41, 5.74) is 5.47. The van der Waals surface area contributed by atoms with Gasteiger partial charge >= 0.3 is 6.36 Å². The molecule has 0 saturated carbocycles. The maximum Gasteiger partial charge on any atom is 0.573 e. The number of rotatable bonds is 2. The van der Waals surface area contributed by atoms with Gasteiger partial charge in [-0.1, -0.05) is 12.1 Å². The zero-order valence-electron chi connectivity index (χ0n) is 10.0. The van der Waals surface area contributed by atoms with Crippen LogP contribution in [0.1, 0.15) is 22.6 Å². The van der Waals surface area contributed by atoms with E-state index in [-0.39, 0.29) is 5.56 Å². The van der Waals surface area contributed by atoms with Crippen molar-refractivity contribution in [3.8, 4) is 5.75 Å². The molecule has 78 valence electrons. The van der Waals surface area contributed by atoms with Crippen molar-refractivity contribution in [2.45, 2.75) is 19.3 Å². The Morgan fingerprint density at radius 1 is 1.50 bits per heavy atom. The molecule has 0 aliphatic rings. The third-order valence-electron chi connectivity index (χ3n) is 1.45. The molecule has 0 saturated heterocycles. The molecule has 0 bridgehead atoms. The van der Waals surface area contributed by atoms with E-state index < -0.39 is 25.0 Å². The van der Waals surface area contributed by atoms with E-state index in [1.165, 1.54) is 12.1 Å². The van der Waals surface area contributed by atoms with Gasteiger partial charge in [-0.2, -0.15) is 0 Å². The molecule has 1 aromatic rings. The maximum absolute atomic E-state index is 11.9. The Bertz CT molecular complexity index is 392. The lowest BCUT2D eigenvalue weighted by atomic mass is 10.1. The molecule has 0 aromatic heterocycles. The van der Waals surface area contributed by atoms with Crippen LogP contribution < -0.4 is 10.5 Å². The van der Waals surface area contributed by atoms with Gasteiger partial charge in [0.25, 0.3) is 0 Å². The first-order valence-corrected chi connectivity index (χ1v) is 3.71. The van der Waals surface area contributed by atoms with Crippen LogP contribution in [0, 0.1) is 0 Å². The number of alkyl halides is 3. The monoisotopic (exact) mass is 208 g/mol. The van der Waals surface area contributed by atoms with E-state index in [4.69, 9.17) is 9.85 Å². The summed E-state index contributed by atoms with van der Waals surface area (Å²) in [6.07, 6.45) is -4.82. The van der Waals surface area contributed by atoms with Crippen molar-refractivity contribution in [3.05, 3.63) is 29.8 Å². The summed E-state index contributed by atoms with van der Waals surface area (Å²) in [4.78, 5) is 0. The molecular weight excluding hydrogens is 195 g/mol. The zero-order valence-corrected chi connectivity index (χ0v) is 7.01. The first-order chi connectivity index (χ1) is 7.59. The Kier molecular flexibility index (Phi) is 1.97. The van der Waals surface area contributed by atoms with Crippen LogP contribution in [-0.4, -0.2) is 6.36 Å². The van der Waals surface area contributed by atoms with Crippen LogP contribution >= 0.6 is 0 Å². The van der Waals surface area contributed by atoms with Gasteiger partial charge in [-0.05, 0) is 24.5 Å². The van der Waals surface area contributed by atoms with Crippen molar-refractivity contribution in [1.82, 2.24) is 0 Å². The summed E-state index contributed by atoms with van der Waals surface area (Å²) in [5.74, 6) is -0.491. The standard InChI is InChI=1S/C9H10F3NO/c1-6(13)7-3-2-4-8(5-7)14-9(10,11)12/h2-6H,13H2,1H3/i1D3. The minimum absolute atomic E-state index is 0.0618. The van der Waals surface area contributed by atoms with E-state index in [9.17, 15) is 13.2 Å². The van der Waals surface area contributed by atoms with Gasteiger partial charge in [-0.25, -0.2) is 0 Å². The van der Waals surface area contributed by atoms with Gasteiger partial charge in [0.1, 0.15) is 5.75 Å². The van der Waals surface area contributed by atoms with Crippen LogP contribution in [0.5, 0.6) is 5.75 Å². The van der Waals surface area contributed by atoms with Crippen molar-refractivity contribution in [3.63, 3.8) is 0 Å². The highest BCUT2D eigenvalue weighted by atomic mass is 19.4. The van der Waals surface area contributed by atoms with Crippen LogP contribution in [0.15, 0.2) is 24.3 Å². The molecule has 0 fully saturated rings. The number of benzene rings is 1. The molecule has 0 heterocycles. The van der Waals surface area contributed by atoms with Gasteiger partial charge in [-0.3, -0.25) is 0 Å². The van der Waals surface area contributed by atoms with Crippen molar-refractivity contribution in [2.75, 3.05) is 0 Å². The van der Waals surface area contributed by atoms with Gasteiger partial charge < -0.3 is 10.5 Å². The fourth-order valence-corrected chi connectivity index (χ4v) is 0.905. The highest BCUT2D eigenvalue weighted by Crippen LogP contribution is 2.24. The second-order valence-corrected chi connectivity index (χ2v) is 2.60. The van der Waals surface area contributed by atoms with Gasteiger partial charge in [0.05, 0.1) is 0 Å². The molecule has 0 aliphatic heterocycles. The third kappa shape index (κ3) is 3.26. The van der Waals surface area contributed by atoms with E-state index in [2.05, 4.69) is 4.74 Å². The summed E-state index contributed by atoms with van der Waals surface area (Å²) < 4.78 is 60.7. The summed E-state index contributed by atoms with van der Waals surface area (Å²) in [6, 6.07) is 3.27. The summed E-state index contributed by atoms with van der Waals surface area (Å²) in [5, 5.41) is 0. The highest BCUT2D eigenvalue weighted by Gasteiger charge is 2.31. The van der Waals surface area contributed by atoms with Crippen molar-refractivity contribution >= 4 is 0 Å². The Labute approximate surface area is 83.7 Å². The number of hydrogen-bond donors (Lipinski definition) is 1. The molecule has 0 radical (unpaired) electrons. The molecule has 2 nitrogen and oxygen atoms in total. The normalized spacial score (nSPS) is 17.9. The molecule has 1 aromatic carbocycles. The first-order valence-electron chi connectivity index (χ1n) is 5.21. The van der Waals surface area contributed by atoms with E-state index >= 15 is 0 Å². The van der Waals surface area contributed by atoms with E-state index in [0.29, 0.717) is 0 Å². The van der Waals surface area contributed by atoms with Gasteiger partial charge in [-0.15, -0.1) is 13.2 Å². The minimum Gasteiger partial charge on any atom is -0.406 e. The molecule has 14 heavy (non-hydrogen) atoms. The second kappa shape index (κ2) is 3.88. The summed E-state index contributed by atoms with van der Waals surface area (Å²) >= 11 is 0. The molecule has 0 spiro atoms. The van der Waals surface area contributed by atoms with Crippen LogP contribution in [-0.2, 0) is 0 Å². The molecule has 2 N–H and O–H groups in total. The summed E-state index contributed by atoms with van der Waals surface area (Å²) in [7, 11) is 0. The largest absolute Gasteiger partial charge is 0.573 e. The average molecular weight is 208 g/mol. The quantitative estimate of drug-likeness (QED) is 0.810. The number of halogens is 3. The molecular formula is C9H10F3NO. The molecule has 1 unspecified atom stereocenters. The minimum atomic E-state index is -4.82. The first kappa shape index (κ1) is 7.11. The number of nitrogens with two attached hydrogens (primary N) is 1. The number of hydrogen-bond acceptors (Lipinski definition) is 2. The molecule has 0 aliphatic carbocycles. The Hall–Kier alpha value is -1.23. The molecule has 0 amide bonds. The maximum atomic E-state index is 11.9. The van der Waals surface area contributed by atoms with Crippen LogP contribution in [0.3, 0.4) is 0 Å². The fourth-order valence-electron chi connectivity index (χ4n) is 0.905. The van der Waals surface area contributed by atoms with Gasteiger partial charge in [0.15, 0.2) is 0 Å². The predicted octanol–water partition coefficient (Wildman–Crippen LogP) is 2.60. The lowest BCUT2D eigenvalue weighted by Crippen LogP contribution is -2.17. The second-order valence-electron chi connectivity index (χ2n) is 2.60. The van der Waals surface area contributed by atoms with E-state index in [1.807, 2.05) is 0 Å². The van der Waals surface area contributed by atoms with Crippen LogP contribution in [0.4, 0.5) is 13.2 Å². The Morgan fingerprint density at radius 3 is 2.79 bits per heavy atom. The third-order valence-corrected chi connectivity index (χ3v) is 1.45. The molecule has 1 rings (SSSR count). The van der Waals surface area contributed by atoms with E-state index in [0.717, 1.165) is 12.1 Å². The zero-order chi connectivity index (χ0) is 13.3. The van der Waals surface area contributed by atoms with Crippen LogP contribution in [0.25, 0.3) is 0 Å². The molecule has 5 heteroatoms. The van der Waals surface area contributed by atoms with Gasteiger partial charge in [0.2, 0.25) is 0 Å². The van der Waals surface area contributed by atoms with Crippen molar-refractivity contribution in [2.24, 2.45) is 5.73 Å². The van der Waals surface area contributed by atoms with Crippen LogP contribution in [0.2, 0.25) is 0 Å². The fraction of sp³-hybridized carbons (Fsp3) is 0.333. The smallest absolute Gasteiger partial charge is 0.406 e. The Balaban J connectivity index is 2.94. The lowest BCUT2D eigenvalue weighted by Gasteiger charge is -2.11. The van der Waals surface area contributed by atoms with Crippen molar-refractivity contribution < 1.29 is 22.0 Å².